The molecular formula is C13H31N3. The molecule has 3 heteroatoms. The zero-order valence-corrected chi connectivity index (χ0v) is 11.9. The van der Waals surface area contributed by atoms with Crippen molar-refractivity contribution in [2.45, 2.75) is 40.2 Å². The fourth-order valence-corrected chi connectivity index (χ4v) is 1.67. The predicted octanol–water partition coefficient (Wildman–Crippen LogP) is 1.63. The summed E-state index contributed by atoms with van der Waals surface area (Å²) in [6, 6.07) is 0.343. The topological polar surface area (TPSA) is 32.5 Å². The van der Waals surface area contributed by atoms with Crippen LogP contribution in [-0.4, -0.2) is 55.6 Å². The van der Waals surface area contributed by atoms with E-state index in [-0.39, 0.29) is 0 Å². The number of rotatable bonds is 9. The van der Waals surface area contributed by atoms with Crippen molar-refractivity contribution in [2.75, 3.05) is 39.8 Å². The van der Waals surface area contributed by atoms with Gasteiger partial charge in [-0.25, -0.2) is 0 Å². The molecule has 0 aliphatic rings. The van der Waals surface area contributed by atoms with Gasteiger partial charge in [0, 0.05) is 19.1 Å². The summed E-state index contributed by atoms with van der Waals surface area (Å²) in [5.74, 6) is 0.594. The lowest BCUT2D eigenvalue weighted by Gasteiger charge is -2.24. The van der Waals surface area contributed by atoms with Crippen molar-refractivity contribution in [2.24, 2.45) is 11.7 Å². The summed E-state index contributed by atoms with van der Waals surface area (Å²) in [6.45, 7) is 14.6. The quantitative estimate of drug-likeness (QED) is 0.652. The molecule has 0 aliphatic heterocycles. The SMILES string of the molecule is CCN(CC)CCN(C)CCC(N)C(C)C. The van der Waals surface area contributed by atoms with E-state index in [4.69, 9.17) is 5.73 Å². The van der Waals surface area contributed by atoms with Crippen molar-refractivity contribution in [3.63, 3.8) is 0 Å². The minimum atomic E-state index is 0.343. The Morgan fingerprint density at radius 2 is 1.56 bits per heavy atom. The summed E-state index contributed by atoms with van der Waals surface area (Å²) in [4.78, 5) is 4.85. The molecule has 0 spiro atoms. The molecule has 3 nitrogen and oxygen atoms in total. The monoisotopic (exact) mass is 229 g/mol. The molecule has 1 atom stereocenters. The van der Waals surface area contributed by atoms with Gasteiger partial charge in [0.25, 0.3) is 0 Å². The summed E-state index contributed by atoms with van der Waals surface area (Å²) in [5, 5.41) is 0. The number of hydrogen-bond donors (Lipinski definition) is 1. The third kappa shape index (κ3) is 7.20. The molecule has 0 amide bonds. The number of hydrogen-bond acceptors (Lipinski definition) is 3. The number of likely N-dealkylation sites (N-methyl/N-ethyl adjacent to an activating group) is 2. The second-order valence-corrected chi connectivity index (χ2v) is 5.03. The van der Waals surface area contributed by atoms with Crippen molar-refractivity contribution in [3.05, 3.63) is 0 Å². The molecule has 0 saturated carbocycles. The van der Waals surface area contributed by atoms with E-state index < -0.39 is 0 Å². The fraction of sp³-hybridized carbons (Fsp3) is 1.00. The maximum Gasteiger partial charge on any atom is 0.0109 e. The van der Waals surface area contributed by atoms with Gasteiger partial charge in [0.05, 0.1) is 0 Å². The maximum absolute atomic E-state index is 6.04. The molecule has 0 radical (unpaired) electrons. The first-order valence-corrected chi connectivity index (χ1v) is 6.67. The van der Waals surface area contributed by atoms with Gasteiger partial charge in [-0.15, -0.1) is 0 Å². The van der Waals surface area contributed by atoms with Crippen LogP contribution in [-0.2, 0) is 0 Å². The van der Waals surface area contributed by atoms with E-state index in [0.29, 0.717) is 12.0 Å². The van der Waals surface area contributed by atoms with Crippen LogP contribution in [0.15, 0.2) is 0 Å². The van der Waals surface area contributed by atoms with Gasteiger partial charge in [0.1, 0.15) is 0 Å². The Hall–Kier alpha value is -0.120. The number of nitrogens with zero attached hydrogens (tertiary/aromatic N) is 2. The van der Waals surface area contributed by atoms with Gasteiger partial charge in [-0.2, -0.15) is 0 Å². The highest BCUT2D eigenvalue weighted by Gasteiger charge is 2.09. The molecule has 16 heavy (non-hydrogen) atoms. The molecular weight excluding hydrogens is 198 g/mol. The highest BCUT2D eigenvalue weighted by atomic mass is 15.2. The smallest absolute Gasteiger partial charge is 0.0109 e. The van der Waals surface area contributed by atoms with Gasteiger partial charge in [-0.05, 0) is 39.0 Å². The lowest BCUT2D eigenvalue weighted by atomic mass is 10.0. The van der Waals surface area contributed by atoms with Gasteiger partial charge < -0.3 is 15.5 Å². The molecule has 1 unspecified atom stereocenters. The number of nitrogens with two attached hydrogens (primary N) is 1. The largest absolute Gasteiger partial charge is 0.327 e. The Bertz CT molecular complexity index is 149. The minimum Gasteiger partial charge on any atom is -0.327 e. The summed E-state index contributed by atoms with van der Waals surface area (Å²) in [7, 11) is 2.19. The standard InChI is InChI=1S/C13H31N3/c1-6-16(7-2)11-10-15(5)9-8-13(14)12(3)4/h12-13H,6-11,14H2,1-5H3. The van der Waals surface area contributed by atoms with Crippen LogP contribution in [0.25, 0.3) is 0 Å². The normalized spacial score (nSPS) is 14.1. The molecule has 0 aromatic rings. The molecule has 0 saturated heterocycles. The van der Waals surface area contributed by atoms with Crippen LogP contribution in [0.2, 0.25) is 0 Å². The maximum atomic E-state index is 6.04. The van der Waals surface area contributed by atoms with E-state index >= 15 is 0 Å². The van der Waals surface area contributed by atoms with Gasteiger partial charge in [-0.3, -0.25) is 0 Å². The van der Waals surface area contributed by atoms with Crippen molar-refractivity contribution < 1.29 is 0 Å². The Morgan fingerprint density at radius 1 is 1.00 bits per heavy atom. The molecule has 0 bridgehead atoms. The fourth-order valence-electron chi connectivity index (χ4n) is 1.67. The van der Waals surface area contributed by atoms with E-state index in [0.717, 1.165) is 32.6 Å². The third-order valence-electron chi connectivity index (χ3n) is 3.39. The van der Waals surface area contributed by atoms with Gasteiger partial charge in [-0.1, -0.05) is 27.7 Å². The Labute approximate surface area is 102 Å². The van der Waals surface area contributed by atoms with Crippen molar-refractivity contribution in [3.8, 4) is 0 Å². The summed E-state index contributed by atoms with van der Waals surface area (Å²) in [5.41, 5.74) is 6.04. The van der Waals surface area contributed by atoms with Crippen molar-refractivity contribution in [1.29, 1.82) is 0 Å². The van der Waals surface area contributed by atoms with Crippen LogP contribution in [0.3, 0.4) is 0 Å². The van der Waals surface area contributed by atoms with Gasteiger partial charge >= 0.3 is 0 Å². The highest BCUT2D eigenvalue weighted by Crippen LogP contribution is 2.03. The van der Waals surface area contributed by atoms with Crippen molar-refractivity contribution >= 4 is 0 Å². The molecule has 0 fully saturated rings. The lowest BCUT2D eigenvalue weighted by Crippen LogP contribution is -2.36. The second-order valence-electron chi connectivity index (χ2n) is 5.03. The van der Waals surface area contributed by atoms with E-state index in [9.17, 15) is 0 Å². The average Bonchev–Trinajstić information content (AvgIpc) is 2.27. The Morgan fingerprint density at radius 3 is 2.00 bits per heavy atom. The summed E-state index contributed by atoms with van der Waals surface area (Å²) in [6.07, 6.45) is 1.10. The minimum absolute atomic E-state index is 0.343. The van der Waals surface area contributed by atoms with Crippen LogP contribution < -0.4 is 5.73 Å². The van der Waals surface area contributed by atoms with Gasteiger partial charge in [0.15, 0.2) is 0 Å². The van der Waals surface area contributed by atoms with Gasteiger partial charge in [0.2, 0.25) is 0 Å². The summed E-state index contributed by atoms with van der Waals surface area (Å²) >= 11 is 0. The first-order chi connectivity index (χ1) is 7.51. The molecule has 98 valence electrons. The summed E-state index contributed by atoms with van der Waals surface area (Å²) < 4.78 is 0. The van der Waals surface area contributed by atoms with E-state index in [1.807, 2.05) is 0 Å². The van der Waals surface area contributed by atoms with E-state index in [1.54, 1.807) is 0 Å². The van der Waals surface area contributed by atoms with E-state index in [1.165, 1.54) is 6.54 Å². The molecule has 2 N–H and O–H groups in total. The predicted molar refractivity (Wildman–Crippen MR) is 72.7 cm³/mol. The van der Waals surface area contributed by atoms with Crippen LogP contribution in [0.5, 0.6) is 0 Å². The average molecular weight is 229 g/mol. The zero-order valence-electron chi connectivity index (χ0n) is 11.9. The third-order valence-corrected chi connectivity index (χ3v) is 3.39. The molecule has 0 heterocycles. The Kier molecular flexibility index (Phi) is 8.90. The molecule has 0 rings (SSSR count). The van der Waals surface area contributed by atoms with Crippen LogP contribution in [0, 0.1) is 5.92 Å². The van der Waals surface area contributed by atoms with E-state index in [2.05, 4.69) is 44.5 Å². The second kappa shape index (κ2) is 8.97. The van der Waals surface area contributed by atoms with Crippen LogP contribution >= 0.6 is 0 Å². The first kappa shape index (κ1) is 15.9. The molecule has 0 aromatic carbocycles. The Balaban J connectivity index is 3.62. The highest BCUT2D eigenvalue weighted by molar-refractivity contribution is 4.67. The molecule has 0 aliphatic carbocycles. The van der Waals surface area contributed by atoms with Crippen molar-refractivity contribution in [1.82, 2.24) is 9.80 Å². The first-order valence-electron chi connectivity index (χ1n) is 6.67. The van der Waals surface area contributed by atoms with Crippen LogP contribution in [0.4, 0.5) is 0 Å². The lowest BCUT2D eigenvalue weighted by molar-refractivity contribution is 0.232. The zero-order chi connectivity index (χ0) is 12.6. The molecule has 0 aromatic heterocycles. The van der Waals surface area contributed by atoms with Crippen LogP contribution in [0.1, 0.15) is 34.1 Å².